The van der Waals surface area contributed by atoms with Gasteiger partial charge in [-0.3, -0.25) is 9.69 Å². The molecule has 1 aromatic carbocycles. The number of hydrogen-bond donors (Lipinski definition) is 0. The van der Waals surface area contributed by atoms with Gasteiger partial charge in [0.05, 0.1) is 4.91 Å². The Morgan fingerprint density at radius 1 is 1.26 bits per heavy atom. The van der Waals surface area contributed by atoms with Gasteiger partial charge in [0, 0.05) is 22.7 Å². The summed E-state index contributed by atoms with van der Waals surface area (Å²) in [5, 5.41) is 0. The SMILES string of the molecule is CCCN1C(=O)/C(=C/c2ccc(-c3ccc(Br)cc3)o2)SC1=S. The van der Waals surface area contributed by atoms with Crippen LogP contribution in [0.15, 0.2) is 50.2 Å². The molecular formula is C17H14BrNO2S2. The van der Waals surface area contributed by atoms with E-state index in [9.17, 15) is 4.79 Å². The molecule has 118 valence electrons. The molecule has 1 amide bonds. The maximum atomic E-state index is 12.3. The lowest BCUT2D eigenvalue weighted by atomic mass is 10.2. The molecule has 23 heavy (non-hydrogen) atoms. The molecule has 0 spiro atoms. The van der Waals surface area contributed by atoms with E-state index in [1.165, 1.54) is 11.8 Å². The quantitative estimate of drug-likeness (QED) is 0.507. The normalized spacial score (nSPS) is 16.6. The molecule has 1 aliphatic rings. The summed E-state index contributed by atoms with van der Waals surface area (Å²) in [6.07, 6.45) is 2.64. The molecule has 0 bridgehead atoms. The van der Waals surface area contributed by atoms with Crippen LogP contribution < -0.4 is 0 Å². The number of amides is 1. The molecule has 0 saturated carbocycles. The van der Waals surface area contributed by atoms with Crippen LogP contribution in [0.5, 0.6) is 0 Å². The van der Waals surface area contributed by atoms with Gasteiger partial charge in [-0.1, -0.05) is 59.0 Å². The first-order valence-corrected chi connectivity index (χ1v) is 9.21. The summed E-state index contributed by atoms with van der Waals surface area (Å²) in [5.74, 6) is 1.39. The molecule has 0 N–H and O–H groups in total. The lowest BCUT2D eigenvalue weighted by Crippen LogP contribution is -2.28. The van der Waals surface area contributed by atoms with Crippen molar-refractivity contribution in [3.63, 3.8) is 0 Å². The number of carbonyl (C=O) groups excluding carboxylic acids is 1. The van der Waals surface area contributed by atoms with Crippen LogP contribution in [0, 0.1) is 0 Å². The number of thioether (sulfide) groups is 1. The van der Waals surface area contributed by atoms with Gasteiger partial charge in [0.25, 0.3) is 5.91 Å². The largest absolute Gasteiger partial charge is 0.457 e. The summed E-state index contributed by atoms with van der Waals surface area (Å²) in [4.78, 5) is 14.6. The minimum absolute atomic E-state index is 0.0385. The van der Waals surface area contributed by atoms with Crippen molar-refractivity contribution in [3.8, 4) is 11.3 Å². The maximum absolute atomic E-state index is 12.3. The van der Waals surface area contributed by atoms with Crippen LogP contribution >= 0.6 is 39.9 Å². The highest BCUT2D eigenvalue weighted by molar-refractivity contribution is 9.10. The van der Waals surface area contributed by atoms with Crippen LogP contribution in [0.4, 0.5) is 0 Å². The van der Waals surface area contributed by atoms with Crippen molar-refractivity contribution in [2.45, 2.75) is 13.3 Å². The maximum Gasteiger partial charge on any atom is 0.266 e. The standard InChI is InChI=1S/C17H14BrNO2S2/c1-2-9-19-16(20)15(23-17(19)22)10-13-7-8-14(21-13)11-3-5-12(18)6-4-11/h3-8,10H,2,9H2,1H3/b15-10-. The third-order valence-electron chi connectivity index (χ3n) is 3.35. The molecule has 0 atom stereocenters. The number of carbonyl (C=O) groups is 1. The molecule has 0 unspecified atom stereocenters. The minimum Gasteiger partial charge on any atom is -0.457 e. The predicted molar refractivity (Wildman–Crippen MR) is 102 cm³/mol. The molecule has 1 saturated heterocycles. The molecule has 0 aliphatic carbocycles. The highest BCUT2D eigenvalue weighted by atomic mass is 79.9. The van der Waals surface area contributed by atoms with E-state index in [0.717, 1.165) is 22.2 Å². The van der Waals surface area contributed by atoms with Gasteiger partial charge in [-0.05, 0) is 30.7 Å². The molecule has 6 heteroatoms. The van der Waals surface area contributed by atoms with E-state index in [1.807, 2.05) is 43.3 Å². The van der Waals surface area contributed by atoms with Crippen molar-refractivity contribution >= 4 is 56.2 Å². The summed E-state index contributed by atoms with van der Waals surface area (Å²) in [6.45, 7) is 2.68. The third kappa shape index (κ3) is 3.59. The fraction of sp³-hybridized carbons (Fsp3) is 0.176. The highest BCUT2D eigenvalue weighted by Crippen LogP contribution is 2.33. The molecule has 1 aliphatic heterocycles. The molecule has 2 aromatic rings. The van der Waals surface area contributed by atoms with E-state index < -0.39 is 0 Å². The molecule has 3 rings (SSSR count). The fourth-order valence-corrected chi connectivity index (χ4v) is 3.80. The Morgan fingerprint density at radius 2 is 2.00 bits per heavy atom. The van der Waals surface area contributed by atoms with Gasteiger partial charge in [-0.2, -0.15) is 0 Å². The first kappa shape index (κ1) is 16.5. The number of hydrogen-bond acceptors (Lipinski definition) is 4. The van der Waals surface area contributed by atoms with Gasteiger partial charge in [0.2, 0.25) is 0 Å². The lowest BCUT2D eigenvalue weighted by molar-refractivity contribution is -0.122. The summed E-state index contributed by atoms with van der Waals surface area (Å²) in [6, 6.07) is 11.7. The molecule has 3 nitrogen and oxygen atoms in total. The molecule has 1 aromatic heterocycles. The number of halogens is 1. The van der Waals surface area contributed by atoms with E-state index in [-0.39, 0.29) is 5.91 Å². The van der Waals surface area contributed by atoms with Crippen molar-refractivity contribution < 1.29 is 9.21 Å². The Kier molecular flexibility index (Phi) is 5.04. The Labute approximate surface area is 152 Å². The van der Waals surface area contributed by atoms with Gasteiger partial charge in [0.15, 0.2) is 0 Å². The number of rotatable bonds is 4. The fourth-order valence-electron chi connectivity index (χ4n) is 2.25. The van der Waals surface area contributed by atoms with Crippen LogP contribution in [0.1, 0.15) is 19.1 Å². The first-order chi connectivity index (χ1) is 11.1. The number of thiocarbonyl (C=S) groups is 1. The zero-order valence-electron chi connectivity index (χ0n) is 12.4. The topological polar surface area (TPSA) is 33.5 Å². The van der Waals surface area contributed by atoms with E-state index in [2.05, 4.69) is 15.9 Å². The zero-order valence-corrected chi connectivity index (χ0v) is 15.6. The van der Waals surface area contributed by atoms with E-state index in [1.54, 1.807) is 11.0 Å². The van der Waals surface area contributed by atoms with E-state index in [0.29, 0.717) is 21.5 Å². The smallest absolute Gasteiger partial charge is 0.266 e. The van der Waals surface area contributed by atoms with Crippen molar-refractivity contribution in [1.29, 1.82) is 0 Å². The van der Waals surface area contributed by atoms with Gasteiger partial charge in [0.1, 0.15) is 15.8 Å². The minimum atomic E-state index is -0.0385. The number of furan rings is 1. The van der Waals surface area contributed by atoms with Crippen molar-refractivity contribution in [2.75, 3.05) is 6.54 Å². The molecule has 0 radical (unpaired) electrons. The Bertz CT molecular complexity index is 780. The second kappa shape index (κ2) is 7.03. The zero-order chi connectivity index (χ0) is 16.4. The van der Waals surface area contributed by atoms with Crippen molar-refractivity contribution in [3.05, 3.63) is 51.5 Å². The Balaban J connectivity index is 1.82. The summed E-state index contributed by atoms with van der Waals surface area (Å²) < 4.78 is 7.47. The van der Waals surface area contributed by atoms with Crippen LogP contribution in [0.3, 0.4) is 0 Å². The summed E-state index contributed by atoms with van der Waals surface area (Å²) in [7, 11) is 0. The average Bonchev–Trinajstić information content (AvgIpc) is 3.09. The Hall–Kier alpha value is -1.37. The van der Waals surface area contributed by atoms with Crippen molar-refractivity contribution in [1.82, 2.24) is 4.90 Å². The van der Waals surface area contributed by atoms with Crippen LogP contribution in [0.2, 0.25) is 0 Å². The molecule has 1 fully saturated rings. The van der Waals surface area contributed by atoms with Crippen LogP contribution in [-0.2, 0) is 4.79 Å². The first-order valence-electron chi connectivity index (χ1n) is 7.19. The average molecular weight is 408 g/mol. The van der Waals surface area contributed by atoms with Gasteiger partial charge in [-0.25, -0.2) is 0 Å². The van der Waals surface area contributed by atoms with Gasteiger partial charge < -0.3 is 4.42 Å². The van der Waals surface area contributed by atoms with E-state index in [4.69, 9.17) is 16.6 Å². The third-order valence-corrected chi connectivity index (χ3v) is 5.26. The monoisotopic (exact) mass is 407 g/mol. The number of benzene rings is 1. The van der Waals surface area contributed by atoms with Gasteiger partial charge in [-0.15, -0.1) is 0 Å². The van der Waals surface area contributed by atoms with Crippen molar-refractivity contribution in [2.24, 2.45) is 0 Å². The Morgan fingerprint density at radius 3 is 2.70 bits per heavy atom. The summed E-state index contributed by atoms with van der Waals surface area (Å²) in [5.41, 5.74) is 0.992. The second-order valence-corrected chi connectivity index (χ2v) is 7.63. The predicted octanol–water partition coefficient (Wildman–Crippen LogP) is 5.32. The molecular weight excluding hydrogens is 394 g/mol. The van der Waals surface area contributed by atoms with Gasteiger partial charge >= 0.3 is 0 Å². The molecule has 2 heterocycles. The van der Waals surface area contributed by atoms with E-state index >= 15 is 0 Å². The highest BCUT2D eigenvalue weighted by Gasteiger charge is 2.31. The second-order valence-electron chi connectivity index (χ2n) is 5.04. The van der Waals surface area contributed by atoms with Crippen LogP contribution in [0.25, 0.3) is 17.4 Å². The summed E-state index contributed by atoms with van der Waals surface area (Å²) >= 11 is 10.0. The van der Waals surface area contributed by atoms with Crippen LogP contribution in [-0.4, -0.2) is 21.7 Å². The lowest BCUT2D eigenvalue weighted by Gasteiger charge is -2.11. The number of nitrogens with zero attached hydrogens (tertiary/aromatic N) is 1.